The second-order valence-corrected chi connectivity index (χ2v) is 8.30. The lowest BCUT2D eigenvalue weighted by Crippen LogP contribution is -2.34. The molecule has 28 heavy (non-hydrogen) atoms. The first kappa shape index (κ1) is 21.9. The third-order valence-electron chi connectivity index (χ3n) is 5.42. The van der Waals surface area contributed by atoms with Gasteiger partial charge in [-0.2, -0.15) is 0 Å². The number of ketones is 1. The van der Waals surface area contributed by atoms with Gasteiger partial charge >= 0.3 is 5.97 Å². The maximum absolute atomic E-state index is 12.6. The third-order valence-corrected chi connectivity index (χ3v) is 5.42. The molecule has 0 bridgehead atoms. The molecule has 2 aromatic rings. The summed E-state index contributed by atoms with van der Waals surface area (Å²) in [6, 6.07) is 12.6. The molecular formula is C25H32O3. The molecule has 0 aliphatic heterocycles. The Kier molecular flexibility index (Phi) is 6.82. The van der Waals surface area contributed by atoms with Crippen LogP contribution in [0.2, 0.25) is 0 Å². The summed E-state index contributed by atoms with van der Waals surface area (Å²) >= 11 is 0. The molecule has 3 heteroatoms. The van der Waals surface area contributed by atoms with Crippen molar-refractivity contribution in [2.75, 3.05) is 6.61 Å². The van der Waals surface area contributed by atoms with Crippen molar-refractivity contribution in [3.63, 3.8) is 0 Å². The number of benzene rings is 2. The van der Waals surface area contributed by atoms with Crippen molar-refractivity contribution < 1.29 is 14.3 Å². The van der Waals surface area contributed by atoms with Gasteiger partial charge in [0.05, 0.1) is 12.0 Å². The van der Waals surface area contributed by atoms with E-state index in [-0.39, 0.29) is 17.7 Å². The third kappa shape index (κ3) is 4.70. The molecule has 0 saturated carbocycles. The van der Waals surface area contributed by atoms with E-state index in [9.17, 15) is 9.59 Å². The molecule has 3 nitrogen and oxygen atoms in total. The van der Waals surface area contributed by atoms with E-state index in [4.69, 9.17) is 4.74 Å². The molecule has 1 atom stereocenters. The summed E-state index contributed by atoms with van der Waals surface area (Å²) in [7, 11) is 0. The van der Waals surface area contributed by atoms with Crippen molar-refractivity contribution in [2.45, 2.75) is 60.8 Å². The normalized spacial score (nSPS) is 12.5. The average molecular weight is 381 g/mol. The number of hydrogen-bond donors (Lipinski definition) is 0. The highest BCUT2D eigenvalue weighted by Crippen LogP contribution is 2.41. The van der Waals surface area contributed by atoms with Crippen LogP contribution in [-0.2, 0) is 14.3 Å². The molecule has 150 valence electrons. The second kappa shape index (κ2) is 8.72. The van der Waals surface area contributed by atoms with Crippen molar-refractivity contribution in [1.82, 2.24) is 0 Å². The van der Waals surface area contributed by atoms with E-state index in [0.29, 0.717) is 13.0 Å². The first-order valence-corrected chi connectivity index (χ1v) is 9.92. The van der Waals surface area contributed by atoms with E-state index in [0.717, 1.165) is 11.1 Å². The Bertz CT molecular complexity index is 854. The SMILES string of the molecule is CCOC(=O)C(C)(C)C(CC(C)=O)c1cccc(-c2c(C)cc(C)cc2C)c1. The zero-order valence-corrected chi connectivity index (χ0v) is 18.2. The Hall–Kier alpha value is -2.42. The lowest BCUT2D eigenvalue weighted by molar-refractivity contribution is -0.155. The van der Waals surface area contributed by atoms with Gasteiger partial charge in [0.2, 0.25) is 0 Å². The van der Waals surface area contributed by atoms with Crippen LogP contribution in [0.4, 0.5) is 0 Å². The molecule has 0 aliphatic rings. The minimum Gasteiger partial charge on any atom is -0.466 e. The van der Waals surface area contributed by atoms with Crippen LogP contribution in [0.15, 0.2) is 36.4 Å². The van der Waals surface area contributed by atoms with E-state index in [2.05, 4.69) is 45.0 Å². The molecule has 0 N–H and O–H groups in total. The molecule has 2 rings (SSSR count). The summed E-state index contributed by atoms with van der Waals surface area (Å²) in [6.45, 7) is 13.8. The number of carbonyl (C=O) groups is 2. The first-order chi connectivity index (χ1) is 13.1. The fraction of sp³-hybridized carbons (Fsp3) is 0.440. The maximum Gasteiger partial charge on any atom is 0.312 e. The van der Waals surface area contributed by atoms with Gasteiger partial charge in [0.15, 0.2) is 0 Å². The monoisotopic (exact) mass is 380 g/mol. The van der Waals surface area contributed by atoms with Crippen LogP contribution in [0.25, 0.3) is 11.1 Å². The van der Waals surface area contributed by atoms with Crippen molar-refractivity contribution >= 4 is 11.8 Å². The van der Waals surface area contributed by atoms with Crippen molar-refractivity contribution in [3.8, 4) is 11.1 Å². The van der Waals surface area contributed by atoms with Crippen LogP contribution < -0.4 is 0 Å². The molecule has 0 aliphatic carbocycles. The van der Waals surface area contributed by atoms with Gasteiger partial charge < -0.3 is 9.53 Å². The molecule has 0 fully saturated rings. The Morgan fingerprint density at radius 3 is 2.18 bits per heavy atom. The molecule has 0 amide bonds. The summed E-state index contributed by atoms with van der Waals surface area (Å²) in [5.74, 6) is -0.445. The topological polar surface area (TPSA) is 43.4 Å². The molecule has 2 aromatic carbocycles. The molecule has 0 saturated heterocycles. The van der Waals surface area contributed by atoms with E-state index >= 15 is 0 Å². The minimum atomic E-state index is -0.794. The molecule has 0 radical (unpaired) electrons. The number of aryl methyl sites for hydroxylation is 3. The highest BCUT2D eigenvalue weighted by molar-refractivity contribution is 5.82. The van der Waals surface area contributed by atoms with Crippen LogP contribution >= 0.6 is 0 Å². The van der Waals surface area contributed by atoms with Gasteiger partial charge in [-0.25, -0.2) is 0 Å². The number of rotatable bonds is 7. The Morgan fingerprint density at radius 1 is 1.04 bits per heavy atom. The highest BCUT2D eigenvalue weighted by atomic mass is 16.5. The molecule has 0 aromatic heterocycles. The van der Waals surface area contributed by atoms with Crippen molar-refractivity contribution in [3.05, 3.63) is 58.7 Å². The van der Waals surface area contributed by atoms with Gasteiger partial charge in [-0.1, -0.05) is 42.0 Å². The Morgan fingerprint density at radius 2 is 1.64 bits per heavy atom. The fourth-order valence-electron chi connectivity index (χ4n) is 4.08. The van der Waals surface area contributed by atoms with Gasteiger partial charge in [0.25, 0.3) is 0 Å². The summed E-state index contributed by atoms with van der Waals surface area (Å²) < 4.78 is 5.31. The molecule has 1 unspecified atom stereocenters. The van der Waals surface area contributed by atoms with E-state index < -0.39 is 5.41 Å². The largest absolute Gasteiger partial charge is 0.466 e. The number of Topliss-reactive ketones (excluding diaryl/α,β-unsaturated/α-hetero) is 1. The number of carbonyl (C=O) groups excluding carboxylic acids is 2. The summed E-state index contributed by atoms with van der Waals surface area (Å²) in [4.78, 5) is 24.6. The minimum absolute atomic E-state index is 0.0653. The zero-order chi connectivity index (χ0) is 21.1. The number of esters is 1. The summed E-state index contributed by atoms with van der Waals surface area (Å²) in [5.41, 5.74) is 6.21. The van der Waals surface area contributed by atoms with E-state index in [1.807, 2.05) is 26.0 Å². The zero-order valence-electron chi connectivity index (χ0n) is 18.2. The van der Waals surface area contributed by atoms with Gasteiger partial charge in [-0.15, -0.1) is 0 Å². The predicted molar refractivity (Wildman–Crippen MR) is 115 cm³/mol. The summed E-state index contributed by atoms with van der Waals surface area (Å²) in [6.07, 6.45) is 0.307. The van der Waals surface area contributed by atoms with Gasteiger partial charge in [0, 0.05) is 12.3 Å². The lowest BCUT2D eigenvalue weighted by atomic mass is 9.72. The van der Waals surface area contributed by atoms with E-state index in [1.165, 1.54) is 22.3 Å². The average Bonchev–Trinajstić information content (AvgIpc) is 2.59. The fourth-order valence-corrected chi connectivity index (χ4v) is 4.08. The lowest BCUT2D eigenvalue weighted by Gasteiger charge is -2.32. The van der Waals surface area contributed by atoms with Crippen LogP contribution in [-0.4, -0.2) is 18.4 Å². The quantitative estimate of drug-likeness (QED) is 0.559. The standard InChI is InChI=1S/C25H32O3/c1-8-28-24(27)25(6,7)22(14-19(5)26)20-10-9-11-21(15-20)23-17(3)12-16(2)13-18(23)4/h9-13,15,22H,8,14H2,1-7H3. The smallest absolute Gasteiger partial charge is 0.312 e. The van der Waals surface area contributed by atoms with Crippen LogP contribution in [0.3, 0.4) is 0 Å². The van der Waals surface area contributed by atoms with Crippen molar-refractivity contribution in [2.24, 2.45) is 5.41 Å². The van der Waals surface area contributed by atoms with Crippen LogP contribution in [0, 0.1) is 26.2 Å². The van der Waals surface area contributed by atoms with E-state index in [1.54, 1.807) is 13.8 Å². The first-order valence-electron chi connectivity index (χ1n) is 9.92. The van der Waals surface area contributed by atoms with Gasteiger partial charge in [-0.3, -0.25) is 4.79 Å². The van der Waals surface area contributed by atoms with Crippen molar-refractivity contribution in [1.29, 1.82) is 0 Å². The van der Waals surface area contributed by atoms with Gasteiger partial charge in [0.1, 0.15) is 5.78 Å². The Balaban J connectivity index is 2.57. The maximum atomic E-state index is 12.6. The van der Waals surface area contributed by atoms with Crippen LogP contribution in [0.5, 0.6) is 0 Å². The highest BCUT2D eigenvalue weighted by Gasteiger charge is 2.39. The predicted octanol–water partition coefficient (Wildman–Crippen LogP) is 5.93. The number of hydrogen-bond acceptors (Lipinski definition) is 3. The molecule has 0 spiro atoms. The molecule has 0 heterocycles. The number of ether oxygens (including phenoxy) is 1. The Labute approximate surface area is 169 Å². The summed E-state index contributed by atoms with van der Waals surface area (Å²) in [5, 5.41) is 0. The second-order valence-electron chi connectivity index (χ2n) is 8.30. The van der Waals surface area contributed by atoms with Gasteiger partial charge in [-0.05, 0) is 76.3 Å². The van der Waals surface area contributed by atoms with Crippen LogP contribution in [0.1, 0.15) is 62.3 Å². The molecular weight excluding hydrogens is 348 g/mol.